The van der Waals surface area contributed by atoms with Gasteiger partial charge in [-0.3, -0.25) is 0 Å². The highest BCUT2D eigenvalue weighted by Crippen LogP contribution is 2.14. The summed E-state index contributed by atoms with van der Waals surface area (Å²) in [6.07, 6.45) is 25.2. The van der Waals surface area contributed by atoms with Crippen LogP contribution >= 0.6 is 24.4 Å². The lowest BCUT2D eigenvalue weighted by molar-refractivity contribution is 0.551. The summed E-state index contributed by atoms with van der Waals surface area (Å²) in [6, 6.07) is 0. The Labute approximate surface area is 169 Å². The summed E-state index contributed by atoms with van der Waals surface area (Å²) in [7, 11) is 0. The third kappa shape index (κ3) is 20.3. The molecule has 0 saturated heterocycles. The van der Waals surface area contributed by atoms with E-state index in [-0.39, 0.29) is 0 Å². The first-order chi connectivity index (χ1) is 12.2. The fraction of sp³-hybridized carbons (Fsp3) is 0.913. The Kier molecular flexibility index (Phi) is 20.6. The lowest BCUT2D eigenvalue weighted by atomic mass is 10.0. The summed E-state index contributed by atoms with van der Waals surface area (Å²) in [5.74, 6) is 0. The molecule has 25 heavy (non-hydrogen) atoms. The van der Waals surface area contributed by atoms with E-state index in [4.69, 9.17) is 24.4 Å². The molecule has 0 spiro atoms. The molecule has 0 rings (SSSR count). The molecule has 0 heterocycles. The molecule has 0 radical (unpaired) electrons. The SMILES string of the molecule is CCCCCCCCCCCCCC(=S)CCCCCC(=S)CCC. The standard InChI is InChI=1S/C23H44S2/c1-3-5-6-7-8-9-10-11-12-13-15-20-23(25)21-17-14-16-19-22(24)18-4-2/h3-21H2,1-2H3. The zero-order valence-electron chi connectivity index (χ0n) is 17.3. The van der Waals surface area contributed by atoms with Gasteiger partial charge in [0.15, 0.2) is 0 Å². The second-order valence-corrected chi connectivity index (χ2v) is 8.83. The quantitative estimate of drug-likeness (QED) is 0.151. The Morgan fingerprint density at radius 2 is 0.720 bits per heavy atom. The minimum Gasteiger partial charge on any atom is -0.0897 e. The minimum atomic E-state index is 1.13. The topological polar surface area (TPSA) is 0 Å². The van der Waals surface area contributed by atoms with Crippen LogP contribution in [0.2, 0.25) is 0 Å². The fourth-order valence-electron chi connectivity index (χ4n) is 3.34. The summed E-state index contributed by atoms with van der Waals surface area (Å²) in [5, 5.41) is 0. The van der Waals surface area contributed by atoms with Crippen molar-refractivity contribution in [1.82, 2.24) is 0 Å². The first-order valence-electron chi connectivity index (χ1n) is 11.2. The maximum absolute atomic E-state index is 5.54. The van der Waals surface area contributed by atoms with Gasteiger partial charge < -0.3 is 0 Å². The molecule has 0 amide bonds. The van der Waals surface area contributed by atoms with Crippen LogP contribution in [0.4, 0.5) is 0 Å². The van der Waals surface area contributed by atoms with E-state index < -0.39 is 0 Å². The number of unbranched alkanes of at least 4 members (excludes halogenated alkanes) is 12. The minimum absolute atomic E-state index is 1.13. The predicted molar refractivity (Wildman–Crippen MR) is 124 cm³/mol. The summed E-state index contributed by atoms with van der Waals surface area (Å²) in [4.78, 5) is 2.58. The van der Waals surface area contributed by atoms with E-state index in [1.807, 2.05) is 0 Å². The molecule has 0 N–H and O–H groups in total. The van der Waals surface area contributed by atoms with Crippen LogP contribution in [0.1, 0.15) is 136 Å². The summed E-state index contributed by atoms with van der Waals surface area (Å²) in [5.41, 5.74) is 0. The van der Waals surface area contributed by atoms with Crippen molar-refractivity contribution in [2.45, 2.75) is 136 Å². The van der Waals surface area contributed by atoms with E-state index in [1.165, 1.54) is 112 Å². The molecule has 0 saturated carbocycles. The Bertz CT molecular complexity index is 309. The van der Waals surface area contributed by atoms with Crippen molar-refractivity contribution < 1.29 is 0 Å². The zero-order valence-corrected chi connectivity index (χ0v) is 18.9. The molecule has 0 aliphatic rings. The first kappa shape index (κ1) is 25.2. The van der Waals surface area contributed by atoms with Gasteiger partial charge in [-0.15, -0.1) is 0 Å². The average molecular weight is 385 g/mol. The number of hydrogen-bond donors (Lipinski definition) is 0. The van der Waals surface area contributed by atoms with E-state index in [9.17, 15) is 0 Å². The maximum atomic E-state index is 5.54. The highest BCUT2D eigenvalue weighted by Gasteiger charge is 2.00. The van der Waals surface area contributed by atoms with Crippen molar-refractivity contribution in [1.29, 1.82) is 0 Å². The molecule has 0 atom stereocenters. The predicted octanol–water partition coefficient (Wildman–Crippen LogP) is 9.18. The first-order valence-corrected chi connectivity index (χ1v) is 12.1. The smallest absolute Gasteiger partial charge is 0.00715 e. The lowest BCUT2D eigenvalue weighted by Crippen LogP contribution is -1.96. The van der Waals surface area contributed by atoms with Crippen molar-refractivity contribution in [3.05, 3.63) is 0 Å². The van der Waals surface area contributed by atoms with E-state index in [2.05, 4.69) is 13.8 Å². The van der Waals surface area contributed by atoms with Gasteiger partial charge in [0, 0.05) is 0 Å². The zero-order chi connectivity index (χ0) is 18.6. The van der Waals surface area contributed by atoms with Crippen LogP contribution in [0.15, 0.2) is 0 Å². The second kappa shape index (κ2) is 20.5. The van der Waals surface area contributed by atoms with Crippen LogP contribution in [-0.4, -0.2) is 9.73 Å². The van der Waals surface area contributed by atoms with Crippen molar-refractivity contribution in [3.63, 3.8) is 0 Å². The number of rotatable bonds is 20. The van der Waals surface area contributed by atoms with Gasteiger partial charge in [-0.2, -0.15) is 0 Å². The normalized spacial score (nSPS) is 11.0. The second-order valence-electron chi connectivity index (χ2n) is 7.67. The Balaban J connectivity index is 3.21. The molecule has 2 heteroatoms. The van der Waals surface area contributed by atoms with Gasteiger partial charge in [-0.25, -0.2) is 0 Å². The molecule has 0 aromatic rings. The Hall–Kier alpha value is 0.180. The highest BCUT2D eigenvalue weighted by molar-refractivity contribution is 7.80. The van der Waals surface area contributed by atoms with Crippen molar-refractivity contribution >= 4 is 34.2 Å². The van der Waals surface area contributed by atoms with Crippen LogP contribution < -0.4 is 0 Å². The van der Waals surface area contributed by atoms with Gasteiger partial charge in [0.1, 0.15) is 0 Å². The number of hydrogen-bond acceptors (Lipinski definition) is 2. The van der Waals surface area contributed by atoms with Crippen LogP contribution in [0.3, 0.4) is 0 Å². The molecular formula is C23H44S2. The van der Waals surface area contributed by atoms with Crippen LogP contribution in [0.5, 0.6) is 0 Å². The van der Waals surface area contributed by atoms with Crippen LogP contribution in [0, 0.1) is 0 Å². The van der Waals surface area contributed by atoms with E-state index in [1.54, 1.807) is 0 Å². The lowest BCUT2D eigenvalue weighted by Gasteiger charge is -2.05. The summed E-state index contributed by atoms with van der Waals surface area (Å²) < 4.78 is 0. The molecule has 0 nitrogen and oxygen atoms in total. The average Bonchev–Trinajstić information content (AvgIpc) is 2.59. The number of thiocarbonyl (C=S) groups is 2. The molecule has 0 aromatic carbocycles. The Morgan fingerprint density at radius 1 is 0.400 bits per heavy atom. The van der Waals surface area contributed by atoms with Crippen molar-refractivity contribution in [2.75, 3.05) is 0 Å². The molecule has 0 unspecified atom stereocenters. The summed E-state index contributed by atoms with van der Waals surface area (Å²) in [6.45, 7) is 4.50. The third-order valence-corrected chi connectivity index (χ3v) is 5.82. The van der Waals surface area contributed by atoms with Crippen molar-refractivity contribution in [3.8, 4) is 0 Å². The highest BCUT2D eigenvalue weighted by atomic mass is 32.1. The van der Waals surface area contributed by atoms with Gasteiger partial charge in [0.2, 0.25) is 0 Å². The molecule has 0 aliphatic heterocycles. The Morgan fingerprint density at radius 3 is 1.12 bits per heavy atom. The molecule has 0 aliphatic carbocycles. The van der Waals surface area contributed by atoms with Crippen LogP contribution in [-0.2, 0) is 0 Å². The largest absolute Gasteiger partial charge is 0.0897 e. The molecule has 0 aromatic heterocycles. The van der Waals surface area contributed by atoms with Gasteiger partial charge in [-0.05, 0) is 54.7 Å². The van der Waals surface area contributed by atoms with E-state index in [0.717, 1.165) is 19.3 Å². The maximum Gasteiger partial charge on any atom is -0.00715 e. The van der Waals surface area contributed by atoms with E-state index in [0.29, 0.717) is 0 Å². The van der Waals surface area contributed by atoms with Gasteiger partial charge in [-0.1, -0.05) is 115 Å². The van der Waals surface area contributed by atoms with Crippen LogP contribution in [0.25, 0.3) is 0 Å². The van der Waals surface area contributed by atoms with Gasteiger partial charge in [0.05, 0.1) is 0 Å². The summed E-state index contributed by atoms with van der Waals surface area (Å²) >= 11 is 10.9. The van der Waals surface area contributed by atoms with E-state index >= 15 is 0 Å². The van der Waals surface area contributed by atoms with Gasteiger partial charge in [0.25, 0.3) is 0 Å². The molecule has 0 bridgehead atoms. The molecule has 0 fully saturated rings. The van der Waals surface area contributed by atoms with Crippen molar-refractivity contribution in [2.24, 2.45) is 0 Å². The van der Waals surface area contributed by atoms with Gasteiger partial charge >= 0.3 is 0 Å². The molecule has 148 valence electrons. The molecular weight excluding hydrogens is 340 g/mol. The fourth-order valence-corrected chi connectivity index (χ4v) is 3.97. The third-order valence-electron chi connectivity index (χ3n) is 5.00. The monoisotopic (exact) mass is 384 g/mol.